The highest BCUT2D eigenvalue weighted by atomic mass is 16.5. The zero-order chi connectivity index (χ0) is 15.2. The molecule has 3 nitrogen and oxygen atoms in total. The molecule has 0 radical (unpaired) electrons. The number of phenolic OH excluding ortho intramolecular Hbond substituents is 1. The summed E-state index contributed by atoms with van der Waals surface area (Å²) in [6, 6.07) is 15.7. The second-order valence-corrected chi connectivity index (χ2v) is 5.50. The predicted octanol–water partition coefficient (Wildman–Crippen LogP) is 4.03. The number of ether oxygens (including phenoxy) is 1. The van der Waals surface area contributed by atoms with Crippen LogP contribution in [-0.4, -0.2) is 11.2 Å². The maximum Gasteiger partial charge on any atom is 0.119 e. The molecule has 0 spiro atoms. The van der Waals surface area contributed by atoms with Crippen molar-refractivity contribution in [2.45, 2.75) is 39.5 Å². The molecular weight excluding hydrogens is 262 g/mol. The molecule has 1 atom stereocenters. The van der Waals surface area contributed by atoms with Crippen LogP contribution in [0.2, 0.25) is 0 Å². The van der Waals surface area contributed by atoms with Gasteiger partial charge in [-0.1, -0.05) is 24.3 Å². The van der Waals surface area contributed by atoms with E-state index in [1.54, 1.807) is 12.1 Å². The van der Waals surface area contributed by atoms with E-state index < -0.39 is 0 Å². The second kappa shape index (κ2) is 7.14. The van der Waals surface area contributed by atoms with Gasteiger partial charge in [-0.3, -0.25) is 0 Å². The van der Waals surface area contributed by atoms with Crippen LogP contribution in [0, 0.1) is 0 Å². The van der Waals surface area contributed by atoms with Gasteiger partial charge >= 0.3 is 0 Å². The molecule has 0 aliphatic rings. The molecule has 2 rings (SSSR count). The Morgan fingerprint density at radius 3 is 2.14 bits per heavy atom. The van der Waals surface area contributed by atoms with Crippen LogP contribution in [0.3, 0.4) is 0 Å². The van der Waals surface area contributed by atoms with E-state index in [9.17, 15) is 5.11 Å². The normalized spacial score (nSPS) is 12.4. The fourth-order valence-electron chi connectivity index (χ4n) is 2.11. The van der Waals surface area contributed by atoms with E-state index in [0.717, 1.165) is 17.9 Å². The third kappa shape index (κ3) is 4.80. The number of hydrogen-bond donors (Lipinski definition) is 2. The molecule has 2 aromatic carbocycles. The summed E-state index contributed by atoms with van der Waals surface area (Å²) in [5.41, 5.74) is 2.38. The summed E-state index contributed by atoms with van der Waals surface area (Å²) >= 11 is 0. The SMILES string of the molecule is CC(C)Oc1ccc(C(C)NCc2ccc(O)cc2)cc1. The van der Waals surface area contributed by atoms with Gasteiger partial charge in [0, 0.05) is 12.6 Å². The topological polar surface area (TPSA) is 41.5 Å². The summed E-state index contributed by atoms with van der Waals surface area (Å²) in [6.07, 6.45) is 0.195. The van der Waals surface area contributed by atoms with Crippen molar-refractivity contribution >= 4 is 0 Å². The average molecular weight is 285 g/mol. The molecular formula is C18H23NO2. The smallest absolute Gasteiger partial charge is 0.119 e. The van der Waals surface area contributed by atoms with Crippen molar-refractivity contribution in [3.63, 3.8) is 0 Å². The Balaban J connectivity index is 1.90. The molecule has 0 heterocycles. The van der Waals surface area contributed by atoms with Crippen LogP contribution in [0.4, 0.5) is 0 Å². The molecule has 1 unspecified atom stereocenters. The Bertz CT molecular complexity index is 546. The van der Waals surface area contributed by atoms with Crippen LogP contribution in [-0.2, 0) is 6.54 Å². The van der Waals surface area contributed by atoms with Crippen molar-refractivity contribution in [2.24, 2.45) is 0 Å². The quantitative estimate of drug-likeness (QED) is 0.842. The maximum absolute atomic E-state index is 9.27. The lowest BCUT2D eigenvalue weighted by Crippen LogP contribution is -2.18. The maximum atomic E-state index is 9.27. The monoisotopic (exact) mass is 285 g/mol. The lowest BCUT2D eigenvalue weighted by Gasteiger charge is -2.16. The standard InChI is InChI=1S/C18H23NO2/c1-13(2)21-18-10-6-16(7-11-18)14(3)19-12-15-4-8-17(20)9-5-15/h4-11,13-14,19-20H,12H2,1-3H3. The minimum absolute atomic E-state index is 0.195. The van der Waals surface area contributed by atoms with Gasteiger partial charge in [-0.2, -0.15) is 0 Å². The predicted molar refractivity (Wildman–Crippen MR) is 85.6 cm³/mol. The van der Waals surface area contributed by atoms with Crippen molar-refractivity contribution in [1.29, 1.82) is 0 Å². The van der Waals surface area contributed by atoms with Crippen molar-refractivity contribution in [2.75, 3.05) is 0 Å². The van der Waals surface area contributed by atoms with Gasteiger partial charge in [0.2, 0.25) is 0 Å². The number of benzene rings is 2. The van der Waals surface area contributed by atoms with Crippen molar-refractivity contribution in [1.82, 2.24) is 5.32 Å². The first-order valence-electron chi connectivity index (χ1n) is 7.32. The highest BCUT2D eigenvalue weighted by molar-refractivity contribution is 5.29. The van der Waals surface area contributed by atoms with Gasteiger partial charge in [0.25, 0.3) is 0 Å². The third-order valence-electron chi connectivity index (χ3n) is 3.30. The molecule has 0 saturated carbocycles. The van der Waals surface area contributed by atoms with E-state index >= 15 is 0 Å². The molecule has 0 saturated heterocycles. The van der Waals surface area contributed by atoms with Gasteiger partial charge in [-0.05, 0) is 56.2 Å². The van der Waals surface area contributed by atoms with Crippen molar-refractivity contribution in [3.05, 3.63) is 59.7 Å². The molecule has 0 amide bonds. The zero-order valence-corrected chi connectivity index (χ0v) is 12.8. The number of rotatable bonds is 6. The van der Waals surface area contributed by atoms with Crippen LogP contribution in [0.15, 0.2) is 48.5 Å². The first kappa shape index (κ1) is 15.4. The van der Waals surface area contributed by atoms with Crippen LogP contribution in [0.25, 0.3) is 0 Å². The van der Waals surface area contributed by atoms with E-state index in [2.05, 4.69) is 24.4 Å². The summed E-state index contributed by atoms with van der Waals surface area (Å²) in [6.45, 7) is 6.95. The fraction of sp³-hybridized carbons (Fsp3) is 0.333. The molecule has 2 aromatic rings. The summed E-state index contributed by atoms with van der Waals surface area (Å²) in [7, 11) is 0. The Kier molecular flexibility index (Phi) is 5.23. The molecule has 0 aliphatic carbocycles. The lowest BCUT2D eigenvalue weighted by molar-refractivity contribution is 0.242. The Labute approximate surface area is 126 Å². The Morgan fingerprint density at radius 1 is 0.952 bits per heavy atom. The second-order valence-electron chi connectivity index (χ2n) is 5.50. The van der Waals surface area contributed by atoms with Crippen molar-refractivity contribution < 1.29 is 9.84 Å². The fourth-order valence-corrected chi connectivity index (χ4v) is 2.11. The first-order chi connectivity index (χ1) is 10.0. The van der Waals surface area contributed by atoms with E-state index in [1.165, 1.54) is 5.56 Å². The minimum Gasteiger partial charge on any atom is -0.508 e. The number of aromatic hydroxyl groups is 1. The highest BCUT2D eigenvalue weighted by Gasteiger charge is 2.06. The number of nitrogens with one attached hydrogen (secondary N) is 1. The average Bonchev–Trinajstić information content (AvgIpc) is 2.46. The Hall–Kier alpha value is -2.00. The van der Waals surface area contributed by atoms with Crippen LogP contribution in [0.5, 0.6) is 11.5 Å². The first-order valence-corrected chi connectivity index (χ1v) is 7.32. The highest BCUT2D eigenvalue weighted by Crippen LogP contribution is 2.19. The molecule has 3 heteroatoms. The molecule has 112 valence electrons. The van der Waals surface area contributed by atoms with Gasteiger partial charge in [-0.25, -0.2) is 0 Å². The van der Waals surface area contributed by atoms with Gasteiger partial charge in [0.1, 0.15) is 11.5 Å². The summed E-state index contributed by atoms with van der Waals surface area (Å²) in [4.78, 5) is 0. The van der Waals surface area contributed by atoms with Crippen LogP contribution >= 0.6 is 0 Å². The van der Waals surface area contributed by atoms with Crippen LogP contribution < -0.4 is 10.1 Å². The van der Waals surface area contributed by atoms with Gasteiger partial charge in [0.05, 0.1) is 6.10 Å². The molecule has 0 fully saturated rings. The molecule has 0 aromatic heterocycles. The number of hydrogen-bond acceptors (Lipinski definition) is 3. The molecule has 21 heavy (non-hydrogen) atoms. The number of phenols is 1. The largest absolute Gasteiger partial charge is 0.508 e. The van der Waals surface area contributed by atoms with E-state index in [1.807, 2.05) is 38.1 Å². The van der Waals surface area contributed by atoms with Gasteiger partial charge in [0.15, 0.2) is 0 Å². The molecule has 0 bridgehead atoms. The molecule has 0 aliphatic heterocycles. The van der Waals surface area contributed by atoms with Crippen molar-refractivity contribution in [3.8, 4) is 11.5 Å². The zero-order valence-electron chi connectivity index (χ0n) is 12.8. The van der Waals surface area contributed by atoms with Gasteiger partial charge < -0.3 is 15.2 Å². The summed E-state index contributed by atoms with van der Waals surface area (Å²) in [5, 5.41) is 12.7. The Morgan fingerprint density at radius 2 is 1.57 bits per heavy atom. The van der Waals surface area contributed by atoms with E-state index in [-0.39, 0.29) is 12.1 Å². The lowest BCUT2D eigenvalue weighted by atomic mass is 10.1. The van der Waals surface area contributed by atoms with Gasteiger partial charge in [-0.15, -0.1) is 0 Å². The summed E-state index contributed by atoms with van der Waals surface area (Å²) in [5.74, 6) is 1.20. The van der Waals surface area contributed by atoms with E-state index in [4.69, 9.17) is 4.74 Å². The van der Waals surface area contributed by atoms with Crippen LogP contribution in [0.1, 0.15) is 37.9 Å². The van der Waals surface area contributed by atoms with E-state index in [0.29, 0.717) is 5.75 Å². The summed E-state index contributed by atoms with van der Waals surface area (Å²) < 4.78 is 5.65. The minimum atomic E-state index is 0.195. The third-order valence-corrected chi connectivity index (χ3v) is 3.30. The molecule has 2 N–H and O–H groups in total.